The molecule has 3 N–H and O–H groups in total. The molecule has 1 unspecified atom stereocenters. The molecule has 2 amide bonds. The van der Waals surface area contributed by atoms with Crippen LogP contribution < -0.4 is 16.3 Å². The fourth-order valence-electron chi connectivity index (χ4n) is 1.63. The molecule has 0 saturated carbocycles. The highest BCUT2D eigenvalue weighted by molar-refractivity contribution is 9.10. The molecule has 1 aliphatic rings. The largest absolute Gasteiger partial charge is 0.291 e. The van der Waals surface area contributed by atoms with E-state index in [-0.39, 0.29) is 24.3 Å². The van der Waals surface area contributed by atoms with Gasteiger partial charge in [0.25, 0.3) is 0 Å². The lowest BCUT2D eigenvalue weighted by Gasteiger charge is -2.05. The van der Waals surface area contributed by atoms with E-state index in [0.717, 1.165) is 10.0 Å². The number of benzene rings is 1. The summed E-state index contributed by atoms with van der Waals surface area (Å²) in [6.07, 6.45) is 2.08. The van der Waals surface area contributed by atoms with E-state index >= 15 is 0 Å². The fraction of sp³-hybridized carbons (Fsp3) is 0.250. The fourth-order valence-corrected chi connectivity index (χ4v) is 1.89. The SMILES string of the molecule is O=C(CC1CC(=O)NN1)N/N=C/c1ccc(Br)cc1. The third kappa shape index (κ3) is 4.46. The van der Waals surface area contributed by atoms with Gasteiger partial charge in [-0.2, -0.15) is 5.10 Å². The molecular weight excluding hydrogens is 312 g/mol. The van der Waals surface area contributed by atoms with Crippen molar-refractivity contribution in [3.63, 3.8) is 0 Å². The molecule has 0 spiro atoms. The van der Waals surface area contributed by atoms with Gasteiger partial charge in [0.15, 0.2) is 0 Å². The molecule has 1 aromatic rings. The highest BCUT2D eigenvalue weighted by Gasteiger charge is 2.22. The van der Waals surface area contributed by atoms with Crippen LogP contribution in [-0.4, -0.2) is 24.1 Å². The number of rotatable bonds is 4. The molecule has 1 atom stereocenters. The van der Waals surface area contributed by atoms with Crippen LogP contribution >= 0.6 is 15.9 Å². The van der Waals surface area contributed by atoms with Gasteiger partial charge in [-0.3, -0.25) is 15.0 Å². The summed E-state index contributed by atoms with van der Waals surface area (Å²) in [7, 11) is 0. The Labute approximate surface area is 118 Å². The first kappa shape index (κ1) is 13.7. The number of carbonyl (C=O) groups is 2. The number of hydrogen-bond donors (Lipinski definition) is 3. The van der Waals surface area contributed by atoms with Crippen molar-refractivity contribution < 1.29 is 9.59 Å². The van der Waals surface area contributed by atoms with E-state index < -0.39 is 0 Å². The number of halogens is 1. The Morgan fingerprint density at radius 2 is 2.21 bits per heavy atom. The summed E-state index contributed by atoms with van der Waals surface area (Å²) in [5.41, 5.74) is 8.50. The predicted molar refractivity (Wildman–Crippen MR) is 74.2 cm³/mol. The zero-order valence-corrected chi connectivity index (χ0v) is 11.6. The molecule has 1 fully saturated rings. The first-order valence-electron chi connectivity index (χ1n) is 5.75. The number of amides is 2. The zero-order chi connectivity index (χ0) is 13.7. The van der Waals surface area contributed by atoms with Crippen molar-refractivity contribution in [1.82, 2.24) is 16.3 Å². The minimum Gasteiger partial charge on any atom is -0.291 e. The van der Waals surface area contributed by atoms with E-state index in [1.165, 1.54) is 0 Å². The van der Waals surface area contributed by atoms with Crippen LogP contribution in [0.4, 0.5) is 0 Å². The van der Waals surface area contributed by atoms with E-state index in [4.69, 9.17) is 0 Å². The number of hydrazine groups is 1. The molecule has 19 heavy (non-hydrogen) atoms. The molecule has 0 aromatic heterocycles. The zero-order valence-electron chi connectivity index (χ0n) is 10.0. The van der Waals surface area contributed by atoms with Gasteiger partial charge in [0.1, 0.15) is 0 Å². The van der Waals surface area contributed by atoms with Crippen LogP contribution in [-0.2, 0) is 9.59 Å². The maximum atomic E-state index is 11.5. The maximum Gasteiger partial charge on any atom is 0.241 e. The van der Waals surface area contributed by atoms with Gasteiger partial charge in [-0.05, 0) is 17.7 Å². The molecule has 1 heterocycles. The maximum absolute atomic E-state index is 11.5. The molecule has 2 rings (SSSR count). The van der Waals surface area contributed by atoms with Crippen molar-refractivity contribution in [3.8, 4) is 0 Å². The summed E-state index contributed by atoms with van der Waals surface area (Å²) in [5, 5.41) is 3.86. The van der Waals surface area contributed by atoms with Crippen molar-refractivity contribution in [2.75, 3.05) is 0 Å². The third-order valence-corrected chi connectivity index (χ3v) is 3.08. The number of hydrogen-bond acceptors (Lipinski definition) is 4. The van der Waals surface area contributed by atoms with Crippen molar-refractivity contribution in [1.29, 1.82) is 0 Å². The molecule has 0 aliphatic carbocycles. The molecule has 1 aliphatic heterocycles. The van der Waals surface area contributed by atoms with Crippen LogP contribution in [0.15, 0.2) is 33.8 Å². The number of nitrogens with one attached hydrogen (secondary N) is 3. The first-order chi connectivity index (χ1) is 9.13. The van der Waals surface area contributed by atoms with Gasteiger partial charge in [0, 0.05) is 23.4 Å². The quantitative estimate of drug-likeness (QED) is 0.562. The second kappa shape index (κ2) is 6.44. The van der Waals surface area contributed by atoms with Crippen LogP contribution in [0.1, 0.15) is 18.4 Å². The van der Waals surface area contributed by atoms with Crippen LogP contribution in [0, 0.1) is 0 Å². The first-order valence-corrected chi connectivity index (χ1v) is 6.54. The Bertz CT molecular complexity index is 501. The van der Waals surface area contributed by atoms with Gasteiger partial charge in [0.2, 0.25) is 11.8 Å². The number of hydrazone groups is 1. The minimum atomic E-state index is -0.234. The Morgan fingerprint density at radius 1 is 1.47 bits per heavy atom. The molecule has 1 saturated heterocycles. The van der Waals surface area contributed by atoms with Gasteiger partial charge in [-0.25, -0.2) is 10.9 Å². The summed E-state index contributed by atoms with van der Waals surface area (Å²) in [5.74, 6) is -0.335. The van der Waals surface area contributed by atoms with Crippen molar-refractivity contribution in [2.45, 2.75) is 18.9 Å². The van der Waals surface area contributed by atoms with Gasteiger partial charge in [-0.1, -0.05) is 28.1 Å². The summed E-state index contributed by atoms with van der Waals surface area (Å²) >= 11 is 3.34. The lowest BCUT2D eigenvalue weighted by atomic mass is 10.1. The molecule has 100 valence electrons. The Kier molecular flexibility index (Phi) is 4.64. The highest BCUT2D eigenvalue weighted by atomic mass is 79.9. The molecule has 0 radical (unpaired) electrons. The highest BCUT2D eigenvalue weighted by Crippen LogP contribution is 2.09. The Hall–Kier alpha value is -1.73. The van der Waals surface area contributed by atoms with Gasteiger partial charge < -0.3 is 0 Å². The van der Waals surface area contributed by atoms with Gasteiger partial charge >= 0.3 is 0 Å². The van der Waals surface area contributed by atoms with Gasteiger partial charge in [-0.15, -0.1) is 0 Å². The average molecular weight is 325 g/mol. The van der Waals surface area contributed by atoms with Crippen LogP contribution in [0.3, 0.4) is 0 Å². The summed E-state index contributed by atoms with van der Waals surface area (Å²) < 4.78 is 0.984. The average Bonchev–Trinajstić information content (AvgIpc) is 2.77. The summed E-state index contributed by atoms with van der Waals surface area (Å²) in [6.45, 7) is 0. The third-order valence-electron chi connectivity index (χ3n) is 2.55. The smallest absolute Gasteiger partial charge is 0.241 e. The molecule has 0 bridgehead atoms. The molecule has 7 heteroatoms. The van der Waals surface area contributed by atoms with Crippen LogP contribution in [0.2, 0.25) is 0 Å². The molecular formula is C12H13BrN4O2. The topological polar surface area (TPSA) is 82.6 Å². The monoisotopic (exact) mass is 324 g/mol. The van der Waals surface area contributed by atoms with E-state index in [9.17, 15) is 9.59 Å². The minimum absolute atomic E-state index is 0.101. The van der Waals surface area contributed by atoms with Crippen molar-refractivity contribution in [2.24, 2.45) is 5.10 Å². The van der Waals surface area contributed by atoms with E-state index in [1.807, 2.05) is 24.3 Å². The Balaban J connectivity index is 1.77. The van der Waals surface area contributed by atoms with E-state index in [1.54, 1.807) is 6.21 Å². The lowest BCUT2D eigenvalue weighted by Crippen LogP contribution is -2.34. The second-order valence-electron chi connectivity index (χ2n) is 4.14. The Morgan fingerprint density at radius 3 is 2.84 bits per heavy atom. The summed E-state index contributed by atoms with van der Waals surface area (Å²) in [4.78, 5) is 22.5. The van der Waals surface area contributed by atoms with Gasteiger partial charge in [0.05, 0.1) is 6.21 Å². The van der Waals surface area contributed by atoms with E-state index in [0.29, 0.717) is 6.42 Å². The number of carbonyl (C=O) groups excluding carboxylic acids is 2. The van der Waals surface area contributed by atoms with E-state index in [2.05, 4.69) is 37.3 Å². The molecule has 1 aromatic carbocycles. The van der Waals surface area contributed by atoms with Crippen molar-refractivity contribution >= 4 is 34.0 Å². The number of nitrogens with zero attached hydrogens (tertiary/aromatic N) is 1. The molecule has 6 nitrogen and oxygen atoms in total. The predicted octanol–water partition coefficient (Wildman–Crippen LogP) is 0.682. The normalized spacial score (nSPS) is 18.6. The summed E-state index contributed by atoms with van der Waals surface area (Å²) in [6, 6.07) is 7.36. The van der Waals surface area contributed by atoms with Crippen LogP contribution in [0.25, 0.3) is 0 Å². The van der Waals surface area contributed by atoms with Crippen LogP contribution in [0.5, 0.6) is 0 Å². The standard InChI is InChI=1S/C12H13BrN4O2/c13-9-3-1-8(2-4-9)7-14-16-11(18)5-10-6-12(19)17-15-10/h1-4,7,10,15H,5-6H2,(H,16,18)(H,17,19)/b14-7+. The van der Waals surface area contributed by atoms with Crippen molar-refractivity contribution in [3.05, 3.63) is 34.3 Å². The second-order valence-corrected chi connectivity index (χ2v) is 5.06. The lowest BCUT2D eigenvalue weighted by molar-refractivity contribution is -0.121.